The molecule has 7 nitrogen and oxygen atoms in total. The fourth-order valence-corrected chi connectivity index (χ4v) is 3.61. The molecule has 2 aliphatic heterocycles. The lowest BCUT2D eigenvalue weighted by molar-refractivity contribution is -0.119. The number of nitrogens with zero attached hydrogens (tertiary/aromatic N) is 3. The summed E-state index contributed by atoms with van der Waals surface area (Å²) in [6.45, 7) is 3.50. The quantitative estimate of drug-likeness (QED) is 0.842. The lowest BCUT2D eigenvalue weighted by Gasteiger charge is -2.23. The van der Waals surface area contributed by atoms with Crippen LogP contribution in [-0.4, -0.2) is 48.4 Å². The molecular weight excluding hydrogens is 342 g/mol. The van der Waals surface area contributed by atoms with E-state index in [0.29, 0.717) is 6.54 Å². The van der Waals surface area contributed by atoms with Gasteiger partial charge in [-0.05, 0) is 68.8 Å². The Morgan fingerprint density at radius 3 is 2.70 bits per heavy atom. The van der Waals surface area contributed by atoms with Gasteiger partial charge in [-0.25, -0.2) is 0 Å². The van der Waals surface area contributed by atoms with E-state index in [4.69, 9.17) is 4.74 Å². The third-order valence-electron chi connectivity index (χ3n) is 5.15. The van der Waals surface area contributed by atoms with Gasteiger partial charge in [-0.1, -0.05) is 0 Å². The molecule has 0 radical (unpaired) electrons. The number of amides is 1. The Bertz CT molecular complexity index is 747. The molecule has 1 aromatic heterocycles. The molecule has 2 fully saturated rings. The highest BCUT2D eigenvalue weighted by atomic mass is 16.5. The Hall–Kier alpha value is -2.67. The van der Waals surface area contributed by atoms with Crippen LogP contribution in [0.2, 0.25) is 0 Å². The molecule has 2 N–H and O–H groups in total. The van der Waals surface area contributed by atoms with Crippen molar-refractivity contribution in [3.63, 3.8) is 0 Å². The lowest BCUT2D eigenvalue weighted by atomic mass is 10.1. The second kappa shape index (κ2) is 8.35. The fourth-order valence-electron chi connectivity index (χ4n) is 3.61. The maximum absolute atomic E-state index is 12.6. The van der Waals surface area contributed by atoms with Crippen molar-refractivity contribution < 1.29 is 9.53 Å². The molecule has 1 unspecified atom stereocenters. The van der Waals surface area contributed by atoms with E-state index < -0.39 is 0 Å². The first-order valence-corrected chi connectivity index (χ1v) is 9.59. The zero-order valence-electron chi connectivity index (χ0n) is 15.3. The summed E-state index contributed by atoms with van der Waals surface area (Å²) in [5.74, 6) is 1.69. The van der Waals surface area contributed by atoms with E-state index >= 15 is 0 Å². The van der Waals surface area contributed by atoms with Gasteiger partial charge in [0.1, 0.15) is 11.9 Å². The average molecular weight is 367 g/mol. The lowest BCUT2D eigenvalue weighted by Crippen LogP contribution is -2.34. The predicted molar refractivity (Wildman–Crippen MR) is 104 cm³/mol. The monoisotopic (exact) mass is 367 g/mol. The van der Waals surface area contributed by atoms with E-state index in [-0.39, 0.29) is 17.9 Å². The van der Waals surface area contributed by atoms with Crippen molar-refractivity contribution in [2.75, 3.05) is 36.4 Å². The third-order valence-corrected chi connectivity index (χ3v) is 5.15. The molecule has 4 rings (SSSR count). The molecule has 2 aliphatic rings. The Morgan fingerprint density at radius 1 is 1.15 bits per heavy atom. The van der Waals surface area contributed by atoms with Gasteiger partial charge in [-0.3, -0.25) is 4.79 Å². The van der Waals surface area contributed by atoms with Crippen molar-refractivity contribution in [2.45, 2.75) is 25.4 Å². The Labute approximate surface area is 159 Å². The average Bonchev–Trinajstić information content (AvgIpc) is 3.21. The number of carbonyl (C=O) groups excluding carboxylic acids is 1. The van der Waals surface area contributed by atoms with Crippen molar-refractivity contribution in [3.05, 3.63) is 42.6 Å². The minimum absolute atomic E-state index is 0.0438. The molecule has 27 heavy (non-hydrogen) atoms. The van der Waals surface area contributed by atoms with Crippen LogP contribution >= 0.6 is 0 Å². The van der Waals surface area contributed by atoms with E-state index in [1.54, 1.807) is 6.20 Å². The first-order chi connectivity index (χ1) is 13.3. The van der Waals surface area contributed by atoms with Gasteiger partial charge in [-0.15, -0.1) is 5.10 Å². The molecule has 142 valence electrons. The number of aromatic nitrogens is 2. The maximum Gasteiger partial charge on any atom is 0.229 e. The minimum Gasteiger partial charge on any atom is -0.490 e. The molecule has 1 atom stereocenters. The highest BCUT2D eigenvalue weighted by Crippen LogP contribution is 2.24. The molecule has 2 saturated heterocycles. The van der Waals surface area contributed by atoms with Gasteiger partial charge >= 0.3 is 0 Å². The van der Waals surface area contributed by atoms with Crippen LogP contribution in [-0.2, 0) is 4.79 Å². The van der Waals surface area contributed by atoms with E-state index in [2.05, 4.69) is 25.7 Å². The van der Waals surface area contributed by atoms with Crippen molar-refractivity contribution in [1.82, 2.24) is 15.5 Å². The highest BCUT2D eigenvalue weighted by molar-refractivity contribution is 5.93. The summed E-state index contributed by atoms with van der Waals surface area (Å²) in [6, 6.07) is 11.5. The van der Waals surface area contributed by atoms with Gasteiger partial charge in [0.15, 0.2) is 5.82 Å². The highest BCUT2D eigenvalue weighted by Gasteiger charge is 2.29. The number of anilines is 2. The van der Waals surface area contributed by atoms with Crippen LogP contribution in [0.25, 0.3) is 0 Å². The summed E-state index contributed by atoms with van der Waals surface area (Å²) in [5, 5.41) is 14.4. The van der Waals surface area contributed by atoms with Crippen LogP contribution in [0.3, 0.4) is 0 Å². The molecule has 1 aromatic carbocycles. The summed E-state index contributed by atoms with van der Waals surface area (Å²) in [5.41, 5.74) is 0.801. The van der Waals surface area contributed by atoms with Gasteiger partial charge in [0.05, 0.1) is 5.92 Å². The van der Waals surface area contributed by atoms with E-state index in [1.165, 1.54) is 0 Å². The number of piperidine rings is 1. The van der Waals surface area contributed by atoms with E-state index in [9.17, 15) is 4.79 Å². The molecule has 0 bridgehead atoms. The molecule has 0 spiro atoms. The number of hydrogen-bond acceptors (Lipinski definition) is 6. The van der Waals surface area contributed by atoms with Crippen molar-refractivity contribution in [2.24, 2.45) is 5.92 Å². The first kappa shape index (κ1) is 17.7. The number of nitrogens with one attached hydrogen (secondary N) is 2. The van der Waals surface area contributed by atoms with Crippen LogP contribution < -0.4 is 20.3 Å². The van der Waals surface area contributed by atoms with Crippen molar-refractivity contribution in [3.8, 4) is 5.75 Å². The van der Waals surface area contributed by atoms with Gasteiger partial charge in [0.25, 0.3) is 0 Å². The maximum atomic E-state index is 12.6. The van der Waals surface area contributed by atoms with E-state index in [0.717, 1.165) is 56.2 Å². The first-order valence-electron chi connectivity index (χ1n) is 9.59. The topological polar surface area (TPSA) is 79.4 Å². The zero-order valence-corrected chi connectivity index (χ0v) is 15.3. The number of hydrogen-bond donors (Lipinski definition) is 2. The summed E-state index contributed by atoms with van der Waals surface area (Å²) in [6.07, 6.45) is 4.81. The van der Waals surface area contributed by atoms with Gasteiger partial charge < -0.3 is 20.3 Å². The standard InChI is InChI=1S/C20H25N5O2/c26-20(15-9-13-25(14-15)19-2-1-10-22-24-19)23-16-3-5-17(6-4-16)27-18-7-11-21-12-8-18/h1-6,10,15,18,21H,7-9,11-14H2,(H,23,26). The SMILES string of the molecule is O=C(Nc1ccc(OC2CCNCC2)cc1)C1CCN(c2cccnn2)C1. The molecule has 2 aromatic rings. The smallest absolute Gasteiger partial charge is 0.229 e. The zero-order chi connectivity index (χ0) is 18.5. The van der Waals surface area contributed by atoms with Crippen LogP contribution in [0.5, 0.6) is 5.75 Å². The third kappa shape index (κ3) is 4.54. The molecular formula is C20H25N5O2. The Balaban J connectivity index is 1.29. The van der Waals surface area contributed by atoms with Crippen LogP contribution in [0.15, 0.2) is 42.6 Å². The second-order valence-electron chi connectivity index (χ2n) is 7.09. The molecule has 0 saturated carbocycles. The largest absolute Gasteiger partial charge is 0.490 e. The second-order valence-corrected chi connectivity index (χ2v) is 7.09. The molecule has 3 heterocycles. The van der Waals surface area contributed by atoms with Gasteiger partial charge in [-0.2, -0.15) is 5.10 Å². The Kier molecular flexibility index (Phi) is 5.48. The van der Waals surface area contributed by atoms with Gasteiger partial charge in [0, 0.05) is 25.0 Å². The normalized spacial score (nSPS) is 20.4. The van der Waals surface area contributed by atoms with Crippen LogP contribution in [0.1, 0.15) is 19.3 Å². The summed E-state index contributed by atoms with van der Waals surface area (Å²) in [4.78, 5) is 14.7. The van der Waals surface area contributed by atoms with Crippen molar-refractivity contribution >= 4 is 17.4 Å². The fraction of sp³-hybridized carbons (Fsp3) is 0.450. The summed E-state index contributed by atoms with van der Waals surface area (Å²) in [7, 11) is 0. The van der Waals surface area contributed by atoms with Crippen LogP contribution in [0, 0.1) is 5.92 Å². The van der Waals surface area contributed by atoms with Gasteiger partial charge in [0.2, 0.25) is 5.91 Å². The number of benzene rings is 1. The molecule has 0 aliphatic carbocycles. The Morgan fingerprint density at radius 2 is 1.96 bits per heavy atom. The molecule has 7 heteroatoms. The minimum atomic E-state index is -0.0438. The summed E-state index contributed by atoms with van der Waals surface area (Å²) < 4.78 is 6.01. The molecule has 1 amide bonds. The van der Waals surface area contributed by atoms with Crippen LogP contribution in [0.4, 0.5) is 11.5 Å². The van der Waals surface area contributed by atoms with Crippen molar-refractivity contribution in [1.29, 1.82) is 0 Å². The number of ether oxygens (including phenoxy) is 1. The van der Waals surface area contributed by atoms with E-state index in [1.807, 2.05) is 36.4 Å². The number of rotatable bonds is 5. The summed E-state index contributed by atoms with van der Waals surface area (Å²) >= 11 is 0. The predicted octanol–water partition coefficient (Wildman–Crippen LogP) is 2.07. The number of carbonyl (C=O) groups is 1.